The number of hydrogen-bond acceptors (Lipinski definition) is 3. The summed E-state index contributed by atoms with van der Waals surface area (Å²) in [5.74, 6) is 0.773. The first-order chi connectivity index (χ1) is 9.33. The van der Waals surface area contributed by atoms with E-state index in [1.54, 1.807) is 0 Å². The van der Waals surface area contributed by atoms with Crippen LogP contribution in [0.2, 0.25) is 0 Å². The number of nitrogens with zero attached hydrogens (tertiary/aromatic N) is 2. The highest BCUT2D eigenvalue weighted by Gasteiger charge is 2.13. The highest BCUT2D eigenvalue weighted by atomic mass is 16.5. The van der Waals surface area contributed by atoms with Crippen LogP contribution in [-0.2, 0) is 11.3 Å². The summed E-state index contributed by atoms with van der Waals surface area (Å²) in [7, 11) is 0. The van der Waals surface area contributed by atoms with Crippen molar-refractivity contribution in [3.63, 3.8) is 0 Å². The average Bonchev–Trinajstić information content (AvgIpc) is 2.90. The van der Waals surface area contributed by atoms with Crippen LogP contribution in [0.25, 0.3) is 0 Å². The van der Waals surface area contributed by atoms with Gasteiger partial charge in [-0.05, 0) is 44.2 Å². The van der Waals surface area contributed by atoms with Gasteiger partial charge in [0, 0.05) is 26.0 Å². The Labute approximate surface area is 116 Å². The largest absolute Gasteiger partial charge is 0.381 e. The van der Waals surface area contributed by atoms with Crippen molar-refractivity contribution in [2.24, 2.45) is 5.92 Å². The van der Waals surface area contributed by atoms with Gasteiger partial charge in [-0.3, -0.25) is 4.68 Å². The molecule has 108 valence electrons. The van der Waals surface area contributed by atoms with E-state index in [2.05, 4.69) is 41.2 Å². The molecule has 1 saturated heterocycles. The Hall–Kier alpha value is -0.870. The van der Waals surface area contributed by atoms with Crippen molar-refractivity contribution in [3.8, 4) is 0 Å². The van der Waals surface area contributed by atoms with E-state index in [9.17, 15) is 0 Å². The summed E-state index contributed by atoms with van der Waals surface area (Å²) in [5.41, 5.74) is 1.15. The van der Waals surface area contributed by atoms with E-state index in [1.807, 2.05) is 0 Å². The Kier molecular flexibility index (Phi) is 5.86. The van der Waals surface area contributed by atoms with Gasteiger partial charge in [0.25, 0.3) is 0 Å². The third kappa shape index (κ3) is 4.32. The minimum absolute atomic E-state index is 0.546. The van der Waals surface area contributed by atoms with Crippen LogP contribution in [0.3, 0.4) is 0 Å². The third-order valence-electron chi connectivity index (χ3n) is 4.06. The van der Waals surface area contributed by atoms with Crippen molar-refractivity contribution in [1.82, 2.24) is 15.1 Å². The van der Waals surface area contributed by atoms with Gasteiger partial charge in [0.2, 0.25) is 0 Å². The van der Waals surface area contributed by atoms with Crippen molar-refractivity contribution >= 4 is 0 Å². The first kappa shape index (κ1) is 14.5. The molecule has 0 radical (unpaired) electrons. The van der Waals surface area contributed by atoms with Crippen molar-refractivity contribution in [2.45, 2.75) is 52.1 Å². The van der Waals surface area contributed by atoms with Crippen LogP contribution in [0.1, 0.15) is 51.3 Å². The Morgan fingerprint density at radius 1 is 1.37 bits per heavy atom. The van der Waals surface area contributed by atoms with Gasteiger partial charge in [-0.15, -0.1) is 0 Å². The molecule has 1 fully saturated rings. The molecule has 0 saturated carbocycles. The van der Waals surface area contributed by atoms with Crippen LogP contribution >= 0.6 is 0 Å². The molecule has 19 heavy (non-hydrogen) atoms. The summed E-state index contributed by atoms with van der Waals surface area (Å²) in [6.07, 6.45) is 6.79. The van der Waals surface area contributed by atoms with Crippen LogP contribution in [0, 0.1) is 5.92 Å². The molecule has 0 spiro atoms. The third-order valence-corrected chi connectivity index (χ3v) is 4.06. The van der Waals surface area contributed by atoms with Gasteiger partial charge in [-0.2, -0.15) is 5.10 Å². The lowest BCUT2D eigenvalue weighted by Crippen LogP contribution is -2.27. The van der Waals surface area contributed by atoms with Crippen LogP contribution in [0.5, 0.6) is 0 Å². The van der Waals surface area contributed by atoms with Crippen molar-refractivity contribution < 1.29 is 4.74 Å². The Bertz CT molecular complexity index is 354. The zero-order chi connectivity index (χ0) is 13.5. The average molecular weight is 265 g/mol. The minimum Gasteiger partial charge on any atom is -0.381 e. The lowest BCUT2D eigenvalue weighted by molar-refractivity contribution is 0.0662. The van der Waals surface area contributed by atoms with Crippen molar-refractivity contribution in [3.05, 3.63) is 18.0 Å². The molecule has 1 N–H and O–H groups in total. The van der Waals surface area contributed by atoms with Gasteiger partial charge in [0.15, 0.2) is 0 Å². The summed E-state index contributed by atoms with van der Waals surface area (Å²) < 4.78 is 7.49. The molecule has 0 bridgehead atoms. The molecule has 4 heteroatoms. The summed E-state index contributed by atoms with van der Waals surface area (Å²) in [4.78, 5) is 0. The number of ether oxygens (including phenoxy) is 1. The first-order valence-corrected chi connectivity index (χ1v) is 7.66. The van der Waals surface area contributed by atoms with E-state index >= 15 is 0 Å². The van der Waals surface area contributed by atoms with Crippen LogP contribution in [0.15, 0.2) is 12.3 Å². The summed E-state index contributed by atoms with van der Waals surface area (Å²) in [6.45, 7) is 8.26. The van der Waals surface area contributed by atoms with Gasteiger partial charge in [0.05, 0.1) is 11.7 Å². The maximum absolute atomic E-state index is 5.38. The second kappa shape index (κ2) is 7.65. The second-order valence-corrected chi connectivity index (χ2v) is 5.44. The highest BCUT2D eigenvalue weighted by molar-refractivity contribution is 4.99. The van der Waals surface area contributed by atoms with Crippen LogP contribution < -0.4 is 5.32 Å². The van der Waals surface area contributed by atoms with Gasteiger partial charge in [0.1, 0.15) is 0 Å². The normalized spacial score (nSPS) is 17.2. The Morgan fingerprint density at radius 3 is 2.79 bits per heavy atom. The fourth-order valence-corrected chi connectivity index (χ4v) is 2.69. The molecule has 0 atom stereocenters. The predicted octanol–water partition coefficient (Wildman–Crippen LogP) is 2.76. The van der Waals surface area contributed by atoms with Gasteiger partial charge in [-0.1, -0.05) is 13.8 Å². The SMILES string of the molecule is CCC(CC)n1ccc(CNCC2CCOCC2)n1. The molecule has 0 aromatic carbocycles. The van der Waals surface area contributed by atoms with E-state index in [0.717, 1.165) is 50.8 Å². The highest BCUT2D eigenvalue weighted by Crippen LogP contribution is 2.15. The molecule has 0 amide bonds. The molecular weight excluding hydrogens is 238 g/mol. The van der Waals surface area contributed by atoms with E-state index < -0.39 is 0 Å². The topological polar surface area (TPSA) is 39.1 Å². The van der Waals surface area contributed by atoms with Crippen molar-refractivity contribution in [2.75, 3.05) is 19.8 Å². The van der Waals surface area contributed by atoms with Gasteiger partial charge >= 0.3 is 0 Å². The summed E-state index contributed by atoms with van der Waals surface area (Å²) in [5, 5.41) is 8.19. The fourth-order valence-electron chi connectivity index (χ4n) is 2.69. The predicted molar refractivity (Wildman–Crippen MR) is 77.1 cm³/mol. The van der Waals surface area contributed by atoms with E-state index in [1.165, 1.54) is 12.8 Å². The molecule has 2 heterocycles. The quantitative estimate of drug-likeness (QED) is 0.824. The molecule has 0 unspecified atom stereocenters. The molecule has 0 aliphatic carbocycles. The Balaban J connectivity index is 1.73. The Morgan fingerprint density at radius 2 is 2.11 bits per heavy atom. The standard InChI is InChI=1S/C15H27N3O/c1-3-15(4-2)18-8-5-14(17-18)12-16-11-13-6-9-19-10-7-13/h5,8,13,15-16H,3-4,6-7,9-12H2,1-2H3. The first-order valence-electron chi connectivity index (χ1n) is 7.66. The summed E-state index contributed by atoms with van der Waals surface area (Å²) in [6, 6.07) is 2.68. The van der Waals surface area contributed by atoms with Gasteiger partial charge < -0.3 is 10.1 Å². The monoisotopic (exact) mass is 265 g/mol. The lowest BCUT2D eigenvalue weighted by atomic mass is 10.0. The molecular formula is C15H27N3O. The maximum Gasteiger partial charge on any atom is 0.0762 e. The zero-order valence-electron chi connectivity index (χ0n) is 12.3. The molecule has 1 aromatic rings. The number of rotatable bonds is 7. The second-order valence-electron chi connectivity index (χ2n) is 5.44. The molecule has 1 aliphatic heterocycles. The molecule has 1 aromatic heterocycles. The number of aromatic nitrogens is 2. The zero-order valence-corrected chi connectivity index (χ0v) is 12.3. The molecule has 1 aliphatic rings. The summed E-state index contributed by atoms with van der Waals surface area (Å²) >= 11 is 0. The number of nitrogens with one attached hydrogen (secondary N) is 1. The fraction of sp³-hybridized carbons (Fsp3) is 0.800. The van der Waals surface area contributed by atoms with Crippen LogP contribution in [-0.4, -0.2) is 29.5 Å². The maximum atomic E-state index is 5.38. The van der Waals surface area contributed by atoms with E-state index in [0.29, 0.717) is 6.04 Å². The lowest BCUT2D eigenvalue weighted by Gasteiger charge is -2.22. The minimum atomic E-state index is 0.546. The smallest absolute Gasteiger partial charge is 0.0762 e. The van der Waals surface area contributed by atoms with E-state index in [4.69, 9.17) is 4.74 Å². The van der Waals surface area contributed by atoms with Crippen LogP contribution in [0.4, 0.5) is 0 Å². The van der Waals surface area contributed by atoms with Gasteiger partial charge in [-0.25, -0.2) is 0 Å². The molecule has 4 nitrogen and oxygen atoms in total. The van der Waals surface area contributed by atoms with Crippen molar-refractivity contribution in [1.29, 1.82) is 0 Å². The van der Waals surface area contributed by atoms with E-state index in [-0.39, 0.29) is 0 Å². The number of hydrogen-bond donors (Lipinski definition) is 1. The molecule has 2 rings (SSSR count).